The van der Waals surface area contributed by atoms with E-state index in [0.717, 1.165) is 66.4 Å². The van der Waals surface area contributed by atoms with Gasteiger partial charge in [0, 0.05) is 62.2 Å². The number of hydrogen-bond donors (Lipinski definition) is 0. The van der Waals surface area contributed by atoms with Gasteiger partial charge in [-0.2, -0.15) is 0 Å². The number of aromatic nitrogens is 4. The zero-order valence-electron chi connectivity index (χ0n) is 23.6. The van der Waals surface area contributed by atoms with Crippen LogP contribution in [0.5, 0.6) is 0 Å². The van der Waals surface area contributed by atoms with Gasteiger partial charge < -0.3 is 0 Å². The SMILES string of the molecule is c1ccc2c(c1)ccc1c(-c3ccc(-c4ccc(-c5ccnc6c5ccc5cccnc56)nc4)cc3)nc3ccccc3c12. The van der Waals surface area contributed by atoms with Crippen molar-refractivity contribution in [3.63, 3.8) is 0 Å². The molecule has 0 spiro atoms. The Morgan fingerprint density at radius 3 is 2.02 bits per heavy atom. The zero-order valence-corrected chi connectivity index (χ0v) is 23.6. The maximum absolute atomic E-state index is 5.15. The number of pyridine rings is 4. The molecule has 4 heteroatoms. The van der Waals surface area contributed by atoms with E-state index in [1.54, 1.807) is 0 Å². The maximum Gasteiger partial charge on any atom is 0.0971 e. The maximum atomic E-state index is 5.15. The predicted octanol–water partition coefficient (Wildman–Crippen LogP) is 10.0. The third-order valence-electron chi connectivity index (χ3n) is 8.60. The van der Waals surface area contributed by atoms with Crippen molar-refractivity contribution in [3.05, 3.63) is 146 Å². The first-order chi connectivity index (χ1) is 21.8. The third-order valence-corrected chi connectivity index (χ3v) is 8.60. The molecular formula is C40H24N4. The van der Waals surface area contributed by atoms with E-state index in [0.29, 0.717) is 0 Å². The van der Waals surface area contributed by atoms with Gasteiger partial charge in [-0.05, 0) is 40.6 Å². The second kappa shape index (κ2) is 9.79. The molecule has 44 heavy (non-hydrogen) atoms. The number of benzene rings is 5. The summed E-state index contributed by atoms with van der Waals surface area (Å²) in [5.41, 5.74) is 9.02. The first kappa shape index (κ1) is 24.6. The van der Waals surface area contributed by atoms with Crippen LogP contribution in [-0.2, 0) is 0 Å². The molecule has 4 heterocycles. The van der Waals surface area contributed by atoms with Gasteiger partial charge in [0.05, 0.1) is 27.9 Å². The van der Waals surface area contributed by atoms with E-state index in [1.165, 1.54) is 21.5 Å². The van der Waals surface area contributed by atoms with Crippen molar-refractivity contribution < 1.29 is 0 Å². The van der Waals surface area contributed by atoms with Crippen molar-refractivity contribution in [2.24, 2.45) is 0 Å². The van der Waals surface area contributed by atoms with E-state index in [9.17, 15) is 0 Å². The molecule has 0 unspecified atom stereocenters. The summed E-state index contributed by atoms with van der Waals surface area (Å²) in [6, 6.07) is 44.6. The van der Waals surface area contributed by atoms with Gasteiger partial charge in [-0.3, -0.25) is 15.0 Å². The summed E-state index contributed by atoms with van der Waals surface area (Å²) in [4.78, 5) is 19.3. The minimum Gasteiger partial charge on any atom is -0.256 e. The molecule has 0 aliphatic heterocycles. The molecule has 0 aliphatic carbocycles. The predicted molar refractivity (Wildman–Crippen MR) is 181 cm³/mol. The summed E-state index contributed by atoms with van der Waals surface area (Å²) in [6.07, 6.45) is 5.61. The first-order valence-corrected chi connectivity index (χ1v) is 14.7. The van der Waals surface area contributed by atoms with Crippen LogP contribution in [0.1, 0.15) is 0 Å². The van der Waals surface area contributed by atoms with Crippen molar-refractivity contribution in [2.45, 2.75) is 0 Å². The van der Waals surface area contributed by atoms with Crippen molar-refractivity contribution in [1.29, 1.82) is 0 Å². The second-order valence-corrected chi connectivity index (χ2v) is 11.1. The van der Waals surface area contributed by atoms with Gasteiger partial charge in [0.15, 0.2) is 0 Å². The van der Waals surface area contributed by atoms with Gasteiger partial charge in [0.1, 0.15) is 0 Å². The molecule has 0 saturated carbocycles. The Labute approximate surface area is 253 Å². The average Bonchev–Trinajstić information content (AvgIpc) is 3.11. The van der Waals surface area contributed by atoms with Crippen molar-refractivity contribution >= 4 is 54.3 Å². The minimum absolute atomic E-state index is 0.893. The fourth-order valence-electron chi connectivity index (χ4n) is 6.46. The van der Waals surface area contributed by atoms with Crippen LogP contribution in [0, 0.1) is 0 Å². The highest BCUT2D eigenvalue weighted by atomic mass is 14.7. The number of fused-ring (bicyclic) bond motifs is 8. The van der Waals surface area contributed by atoms with E-state index in [-0.39, 0.29) is 0 Å². The molecule has 0 atom stereocenters. The lowest BCUT2D eigenvalue weighted by molar-refractivity contribution is 1.32. The number of nitrogens with zero attached hydrogens (tertiary/aromatic N) is 4. The molecule has 0 amide bonds. The van der Waals surface area contributed by atoms with Crippen LogP contribution >= 0.6 is 0 Å². The second-order valence-electron chi connectivity index (χ2n) is 11.1. The molecule has 4 aromatic heterocycles. The summed E-state index contributed by atoms with van der Waals surface area (Å²) in [6.45, 7) is 0. The third kappa shape index (κ3) is 3.85. The van der Waals surface area contributed by atoms with E-state index < -0.39 is 0 Å². The Morgan fingerprint density at radius 1 is 0.409 bits per heavy atom. The molecule has 9 rings (SSSR count). The largest absolute Gasteiger partial charge is 0.256 e. The topological polar surface area (TPSA) is 51.6 Å². The van der Waals surface area contributed by atoms with E-state index in [2.05, 4.69) is 125 Å². The smallest absolute Gasteiger partial charge is 0.0971 e. The molecule has 0 radical (unpaired) electrons. The number of para-hydroxylation sites is 1. The molecule has 9 aromatic rings. The summed E-state index contributed by atoms with van der Waals surface area (Å²) < 4.78 is 0. The highest BCUT2D eigenvalue weighted by Crippen LogP contribution is 2.38. The Hall–Kier alpha value is -6.00. The summed E-state index contributed by atoms with van der Waals surface area (Å²) in [7, 11) is 0. The summed E-state index contributed by atoms with van der Waals surface area (Å²) in [5.74, 6) is 0. The van der Waals surface area contributed by atoms with Crippen LogP contribution in [0.25, 0.3) is 87.9 Å². The Balaban J connectivity index is 1.11. The van der Waals surface area contributed by atoms with E-state index in [1.807, 2.05) is 30.7 Å². The van der Waals surface area contributed by atoms with Gasteiger partial charge in [-0.15, -0.1) is 0 Å². The summed E-state index contributed by atoms with van der Waals surface area (Å²) >= 11 is 0. The zero-order chi connectivity index (χ0) is 29.0. The lowest BCUT2D eigenvalue weighted by Crippen LogP contribution is -1.91. The van der Waals surface area contributed by atoms with Crippen molar-refractivity contribution in [1.82, 2.24) is 19.9 Å². The van der Waals surface area contributed by atoms with Crippen LogP contribution in [0.3, 0.4) is 0 Å². The van der Waals surface area contributed by atoms with Crippen LogP contribution in [0.2, 0.25) is 0 Å². The molecular weight excluding hydrogens is 536 g/mol. The summed E-state index contributed by atoms with van der Waals surface area (Å²) in [5, 5.41) is 8.20. The van der Waals surface area contributed by atoms with E-state index >= 15 is 0 Å². The van der Waals surface area contributed by atoms with E-state index in [4.69, 9.17) is 9.97 Å². The number of hydrogen-bond acceptors (Lipinski definition) is 4. The lowest BCUT2D eigenvalue weighted by Gasteiger charge is -2.13. The van der Waals surface area contributed by atoms with Gasteiger partial charge in [0.25, 0.3) is 0 Å². The Morgan fingerprint density at radius 2 is 1.14 bits per heavy atom. The fourth-order valence-corrected chi connectivity index (χ4v) is 6.46. The molecule has 0 N–H and O–H groups in total. The lowest BCUT2D eigenvalue weighted by atomic mass is 9.94. The molecule has 0 saturated heterocycles. The normalized spacial score (nSPS) is 11.6. The quantitative estimate of drug-likeness (QED) is 0.202. The minimum atomic E-state index is 0.893. The molecule has 0 bridgehead atoms. The van der Waals surface area contributed by atoms with Crippen LogP contribution in [0.4, 0.5) is 0 Å². The van der Waals surface area contributed by atoms with Gasteiger partial charge >= 0.3 is 0 Å². The van der Waals surface area contributed by atoms with Crippen LogP contribution in [-0.4, -0.2) is 19.9 Å². The first-order valence-electron chi connectivity index (χ1n) is 14.7. The van der Waals surface area contributed by atoms with Crippen LogP contribution in [0.15, 0.2) is 146 Å². The Kier molecular flexibility index (Phi) is 5.47. The highest BCUT2D eigenvalue weighted by molar-refractivity contribution is 6.22. The number of rotatable bonds is 3. The van der Waals surface area contributed by atoms with Crippen molar-refractivity contribution in [2.75, 3.05) is 0 Å². The standard InChI is InChI=1S/C40H24N4/c1-2-8-30-26(6-1)15-19-34-37(30)33-9-3-4-10-36(33)44-38(34)28-13-11-25(12-14-28)29-17-20-35(43-24-29)31-21-23-42-40-32(31)18-16-27-7-5-22-41-39(27)40/h1-24H. The highest BCUT2D eigenvalue weighted by Gasteiger charge is 2.14. The van der Waals surface area contributed by atoms with Gasteiger partial charge in [0.2, 0.25) is 0 Å². The molecule has 0 aliphatic rings. The van der Waals surface area contributed by atoms with Gasteiger partial charge in [-0.1, -0.05) is 103 Å². The molecule has 5 aromatic carbocycles. The Bertz CT molecular complexity index is 2520. The fraction of sp³-hybridized carbons (Fsp3) is 0. The van der Waals surface area contributed by atoms with Crippen LogP contribution < -0.4 is 0 Å². The molecule has 204 valence electrons. The van der Waals surface area contributed by atoms with Gasteiger partial charge in [-0.25, -0.2) is 4.98 Å². The average molecular weight is 561 g/mol. The molecule has 4 nitrogen and oxygen atoms in total. The molecule has 0 fully saturated rings. The van der Waals surface area contributed by atoms with Crippen molar-refractivity contribution in [3.8, 4) is 33.6 Å². The monoisotopic (exact) mass is 560 g/mol.